The van der Waals surface area contributed by atoms with Gasteiger partial charge in [-0.25, -0.2) is 4.98 Å². The van der Waals surface area contributed by atoms with Gasteiger partial charge in [0, 0.05) is 58.0 Å². The van der Waals surface area contributed by atoms with Crippen molar-refractivity contribution < 1.29 is 9.59 Å². The van der Waals surface area contributed by atoms with Crippen LogP contribution in [0.2, 0.25) is 0 Å². The van der Waals surface area contributed by atoms with E-state index in [4.69, 9.17) is 0 Å². The summed E-state index contributed by atoms with van der Waals surface area (Å²) in [6, 6.07) is 0.169. The number of likely N-dealkylation sites (tertiary alicyclic amines) is 1. The molecule has 0 saturated carbocycles. The molecule has 2 aliphatic rings. The van der Waals surface area contributed by atoms with E-state index in [0.717, 1.165) is 31.8 Å². The number of nitrogens with zero attached hydrogens (tertiary/aromatic N) is 4. The van der Waals surface area contributed by atoms with Crippen LogP contribution < -0.4 is 0 Å². The number of carbonyl (C=O) groups is 2. The summed E-state index contributed by atoms with van der Waals surface area (Å²) in [5.41, 5.74) is 0. The lowest BCUT2D eigenvalue weighted by Crippen LogP contribution is -2.39. The molecule has 0 spiro atoms. The van der Waals surface area contributed by atoms with Crippen LogP contribution in [-0.4, -0.2) is 57.3 Å². The van der Waals surface area contributed by atoms with Crippen LogP contribution in [0, 0.1) is 11.8 Å². The monoisotopic (exact) mass is 318 g/mol. The molecule has 6 nitrogen and oxygen atoms in total. The highest BCUT2D eigenvalue weighted by Gasteiger charge is 2.37. The van der Waals surface area contributed by atoms with Gasteiger partial charge in [-0.15, -0.1) is 0 Å². The molecule has 0 N–H and O–H groups in total. The summed E-state index contributed by atoms with van der Waals surface area (Å²) < 4.78 is 2.19. The highest BCUT2D eigenvalue weighted by atomic mass is 16.2. The van der Waals surface area contributed by atoms with Gasteiger partial charge in [0.05, 0.1) is 5.92 Å². The van der Waals surface area contributed by atoms with Gasteiger partial charge in [-0.2, -0.15) is 0 Å². The first-order valence-corrected chi connectivity index (χ1v) is 8.50. The predicted molar refractivity (Wildman–Crippen MR) is 86.6 cm³/mol. The van der Waals surface area contributed by atoms with Crippen molar-refractivity contribution in [2.75, 3.05) is 20.1 Å². The molecule has 126 valence electrons. The van der Waals surface area contributed by atoms with Crippen molar-refractivity contribution in [1.29, 1.82) is 0 Å². The minimum absolute atomic E-state index is 0.103. The van der Waals surface area contributed by atoms with E-state index >= 15 is 0 Å². The smallest absolute Gasteiger partial charge is 0.227 e. The van der Waals surface area contributed by atoms with Crippen LogP contribution in [0.25, 0.3) is 0 Å². The Labute approximate surface area is 137 Å². The minimum Gasteiger partial charge on any atom is -0.345 e. The van der Waals surface area contributed by atoms with Gasteiger partial charge in [-0.3, -0.25) is 9.59 Å². The van der Waals surface area contributed by atoms with E-state index in [2.05, 4.69) is 9.55 Å². The standard InChI is InChI=1S/C17H26N4O2/c1-12(2)21-11-14(9-16(21)22)17(23)19(3)10-13-4-6-20-7-5-18-15(20)8-13/h5,7,12-14H,4,6,8-11H2,1-3H3/t13-,14-/m0/s1. The molecular weight excluding hydrogens is 292 g/mol. The van der Waals surface area contributed by atoms with Gasteiger partial charge in [0.2, 0.25) is 11.8 Å². The van der Waals surface area contributed by atoms with Gasteiger partial charge in [0.15, 0.2) is 0 Å². The summed E-state index contributed by atoms with van der Waals surface area (Å²) in [7, 11) is 1.87. The number of hydrogen-bond donors (Lipinski definition) is 0. The van der Waals surface area contributed by atoms with Crippen molar-refractivity contribution in [1.82, 2.24) is 19.4 Å². The summed E-state index contributed by atoms with van der Waals surface area (Å²) in [6.07, 6.45) is 6.22. The molecule has 1 saturated heterocycles. The molecule has 1 fully saturated rings. The summed E-state index contributed by atoms with van der Waals surface area (Å²) in [6.45, 7) is 6.29. The van der Waals surface area contributed by atoms with E-state index in [-0.39, 0.29) is 23.8 Å². The molecule has 1 aromatic rings. The van der Waals surface area contributed by atoms with Crippen molar-refractivity contribution in [3.63, 3.8) is 0 Å². The summed E-state index contributed by atoms with van der Waals surface area (Å²) in [5.74, 6) is 1.60. The molecule has 2 atom stereocenters. The number of aromatic nitrogens is 2. The third kappa shape index (κ3) is 3.26. The average Bonchev–Trinajstić information content (AvgIpc) is 3.12. The fourth-order valence-electron chi connectivity index (χ4n) is 3.76. The number of imidazole rings is 1. The third-order valence-corrected chi connectivity index (χ3v) is 5.09. The van der Waals surface area contributed by atoms with Crippen LogP contribution in [0.15, 0.2) is 12.4 Å². The molecule has 0 bridgehead atoms. The van der Waals surface area contributed by atoms with Crippen LogP contribution in [0.5, 0.6) is 0 Å². The molecule has 0 aromatic carbocycles. The Kier molecular flexibility index (Phi) is 4.41. The predicted octanol–water partition coefficient (Wildman–Crippen LogP) is 1.16. The van der Waals surface area contributed by atoms with Crippen LogP contribution in [0.4, 0.5) is 0 Å². The number of carbonyl (C=O) groups excluding carboxylic acids is 2. The quantitative estimate of drug-likeness (QED) is 0.837. The second-order valence-corrected chi connectivity index (χ2v) is 7.16. The van der Waals surface area contributed by atoms with Crippen molar-refractivity contribution in [3.05, 3.63) is 18.2 Å². The van der Waals surface area contributed by atoms with Gasteiger partial charge in [-0.1, -0.05) is 0 Å². The van der Waals surface area contributed by atoms with Gasteiger partial charge in [-0.05, 0) is 26.2 Å². The second-order valence-electron chi connectivity index (χ2n) is 7.16. The topological polar surface area (TPSA) is 58.4 Å². The molecule has 3 rings (SSSR count). The van der Waals surface area contributed by atoms with E-state index in [1.807, 2.05) is 43.1 Å². The fraction of sp³-hybridized carbons (Fsp3) is 0.706. The van der Waals surface area contributed by atoms with E-state index in [1.54, 1.807) is 0 Å². The highest BCUT2D eigenvalue weighted by Crippen LogP contribution is 2.24. The van der Waals surface area contributed by atoms with Crippen LogP contribution >= 0.6 is 0 Å². The van der Waals surface area contributed by atoms with Crippen molar-refractivity contribution in [2.24, 2.45) is 11.8 Å². The number of amides is 2. The third-order valence-electron chi connectivity index (χ3n) is 5.09. The highest BCUT2D eigenvalue weighted by molar-refractivity contribution is 5.89. The zero-order valence-corrected chi connectivity index (χ0v) is 14.2. The van der Waals surface area contributed by atoms with Crippen LogP contribution in [0.1, 0.15) is 32.5 Å². The maximum absolute atomic E-state index is 12.7. The van der Waals surface area contributed by atoms with E-state index in [1.165, 1.54) is 0 Å². The maximum atomic E-state index is 12.7. The Morgan fingerprint density at radius 1 is 1.43 bits per heavy atom. The normalized spacial score (nSPS) is 24.2. The van der Waals surface area contributed by atoms with Gasteiger partial charge in [0.25, 0.3) is 0 Å². The lowest BCUT2D eigenvalue weighted by Gasteiger charge is -2.29. The Balaban J connectivity index is 1.56. The van der Waals surface area contributed by atoms with Gasteiger partial charge < -0.3 is 14.4 Å². The lowest BCUT2D eigenvalue weighted by molar-refractivity contribution is -0.135. The molecule has 0 aliphatic carbocycles. The largest absolute Gasteiger partial charge is 0.345 e. The average molecular weight is 318 g/mol. The number of fused-ring (bicyclic) bond motifs is 1. The first-order valence-electron chi connectivity index (χ1n) is 8.50. The lowest BCUT2D eigenvalue weighted by atomic mass is 9.96. The fourth-order valence-corrected chi connectivity index (χ4v) is 3.76. The van der Waals surface area contributed by atoms with Crippen molar-refractivity contribution in [2.45, 2.75) is 45.7 Å². The molecule has 0 radical (unpaired) electrons. The maximum Gasteiger partial charge on any atom is 0.227 e. The SMILES string of the molecule is CC(C)N1C[C@@H](C(=O)N(C)C[C@H]2CCn3ccnc3C2)CC1=O. The van der Waals surface area contributed by atoms with E-state index in [0.29, 0.717) is 18.9 Å². The minimum atomic E-state index is -0.180. The molecule has 2 amide bonds. The Morgan fingerprint density at radius 2 is 2.22 bits per heavy atom. The van der Waals surface area contributed by atoms with E-state index < -0.39 is 0 Å². The zero-order valence-electron chi connectivity index (χ0n) is 14.2. The molecule has 23 heavy (non-hydrogen) atoms. The van der Waals surface area contributed by atoms with Crippen molar-refractivity contribution in [3.8, 4) is 0 Å². The Morgan fingerprint density at radius 3 is 2.91 bits per heavy atom. The molecule has 3 heterocycles. The number of aryl methyl sites for hydroxylation is 1. The molecular formula is C17H26N4O2. The number of rotatable bonds is 4. The first-order chi connectivity index (χ1) is 11.0. The Bertz CT molecular complexity index is 595. The van der Waals surface area contributed by atoms with E-state index in [9.17, 15) is 9.59 Å². The van der Waals surface area contributed by atoms with Crippen molar-refractivity contribution >= 4 is 11.8 Å². The van der Waals surface area contributed by atoms with Crippen LogP contribution in [-0.2, 0) is 22.6 Å². The molecule has 2 aliphatic heterocycles. The summed E-state index contributed by atoms with van der Waals surface area (Å²) >= 11 is 0. The molecule has 1 aromatic heterocycles. The van der Waals surface area contributed by atoms with Crippen LogP contribution in [0.3, 0.4) is 0 Å². The molecule has 6 heteroatoms. The van der Waals surface area contributed by atoms with Gasteiger partial charge in [0.1, 0.15) is 5.82 Å². The summed E-state index contributed by atoms with van der Waals surface area (Å²) in [4.78, 5) is 32.7. The molecule has 0 unspecified atom stereocenters. The second kappa shape index (κ2) is 6.34. The first kappa shape index (κ1) is 16.0. The summed E-state index contributed by atoms with van der Waals surface area (Å²) in [5, 5.41) is 0. The number of hydrogen-bond acceptors (Lipinski definition) is 3. The van der Waals surface area contributed by atoms with Gasteiger partial charge >= 0.3 is 0 Å². The zero-order chi connectivity index (χ0) is 16.6. The Hall–Kier alpha value is -1.85.